The van der Waals surface area contributed by atoms with E-state index in [9.17, 15) is 9.59 Å². The molecule has 3 heterocycles. The quantitative estimate of drug-likeness (QED) is 0.525. The Kier molecular flexibility index (Phi) is 4.80. The van der Waals surface area contributed by atoms with Gasteiger partial charge in [-0.05, 0) is 24.3 Å². The van der Waals surface area contributed by atoms with E-state index in [1.807, 2.05) is 0 Å². The van der Waals surface area contributed by atoms with Gasteiger partial charge in [0, 0.05) is 31.4 Å². The van der Waals surface area contributed by atoms with Crippen molar-refractivity contribution in [1.29, 1.82) is 0 Å². The molecule has 30 heavy (non-hydrogen) atoms. The highest BCUT2D eigenvalue weighted by Gasteiger charge is 2.18. The van der Waals surface area contributed by atoms with Crippen molar-refractivity contribution in [1.82, 2.24) is 30.0 Å². The maximum atomic E-state index is 12.0. The van der Waals surface area contributed by atoms with Crippen LogP contribution in [0.5, 0.6) is 0 Å². The van der Waals surface area contributed by atoms with Crippen LogP contribution in [0, 0.1) is 0 Å². The van der Waals surface area contributed by atoms with Gasteiger partial charge in [0.1, 0.15) is 5.56 Å². The predicted molar refractivity (Wildman–Crippen MR) is 109 cm³/mol. The van der Waals surface area contributed by atoms with Gasteiger partial charge in [-0.25, -0.2) is 9.97 Å². The number of anilines is 1. The van der Waals surface area contributed by atoms with Crippen molar-refractivity contribution in [2.75, 3.05) is 19.8 Å². The van der Waals surface area contributed by atoms with Gasteiger partial charge in [0.05, 0.1) is 11.9 Å². The first-order chi connectivity index (χ1) is 14.4. The second kappa shape index (κ2) is 7.59. The predicted octanol–water partition coefficient (Wildman–Crippen LogP) is 1.83. The van der Waals surface area contributed by atoms with E-state index in [0.29, 0.717) is 11.3 Å². The zero-order valence-corrected chi connectivity index (χ0v) is 16.2. The van der Waals surface area contributed by atoms with Gasteiger partial charge in [0.25, 0.3) is 23.2 Å². The lowest BCUT2D eigenvalue weighted by Gasteiger charge is -2.10. The molecular weight excluding hydrogens is 386 g/mol. The molecule has 0 radical (unpaired) electrons. The molecule has 3 aromatic heterocycles. The number of nitrogens with two attached hydrogens (primary N) is 1. The van der Waals surface area contributed by atoms with Gasteiger partial charge in [0.2, 0.25) is 0 Å². The van der Waals surface area contributed by atoms with Crippen LogP contribution in [0.15, 0.2) is 58.0 Å². The second-order valence-corrected chi connectivity index (χ2v) is 6.59. The molecule has 150 valence electrons. The Hall–Kier alpha value is -4.34. The van der Waals surface area contributed by atoms with Crippen molar-refractivity contribution in [2.45, 2.75) is 0 Å². The normalized spacial score (nSPS) is 10.7. The number of aromatic amines is 1. The number of carbonyl (C=O) groups is 1. The average molecular weight is 403 g/mol. The number of nitrogens with one attached hydrogen (secondary N) is 1. The van der Waals surface area contributed by atoms with Crippen molar-refractivity contribution in [2.24, 2.45) is 0 Å². The van der Waals surface area contributed by atoms with Crippen molar-refractivity contribution in [3.63, 3.8) is 0 Å². The third kappa shape index (κ3) is 3.53. The van der Waals surface area contributed by atoms with E-state index < -0.39 is 0 Å². The van der Waals surface area contributed by atoms with Crippen LogP contribution in [-0.2, 0) is 0 Å². The number of H-pyrrole nitrogens is 1. The third-order valence-electron chi connectivity index (χ3n) is 4.31. The van der Waals surface area contributed by atoms with Gasteiger partial charge in [-0.2, -0.15) is 0 Å². The minimum absolute atomic E-state index is 0.0412. The lowest BCUT2D eigenvalue weighted by molar-refractivity contribution is 0.0827. The fraction of sp³-hybridized carbons (Fsp3) is 0.100. The number of hydrogen-bond acceptors (Lipinski definition) is 8. The number of carbonyl (C=O) groups excluding carboxylic acids is 1. The molecule has 1 amide bonds. The van der Waals surface area contributed by atoms with Crippen molar-refractivity contribution in [3.8, 4) is 34.3 Å². The standard InChI is InChI=1S/C20H17N7O3/c1-27(2)20(29)12-7-5-11(6-8-12)14-10-23-16(21)15(24-14)19-26-25-18(30-19)13-4-3-9-22-17(13)28/h3-10H,1-2H3,(H2,21,23)(H,22,28). The van der Waals surface area contributed by atoms with E-state index in [2.05, 4.69) is 25.1 Å². The molecule has 4 aromatic rings. The molecule has 0 aliphatic carbocycles. The summed E-state index contributed by atoms with van der Waals surface area (Å²) in [4.78, 5) is 36.7. The van der Waals surface area contributed by atoms with Crippen LogP contribution in [0.25, 0.3) is 34.3 Å². The molecule has 0 atom stereocenters. The molecule has 3 N–H and O–H groups in total. The second-order valence-electron chi connectivity index (χ2n) is 6.59. The summed E-state index contributed by atoms with van der Waals surface area (Å²) in [6.07, 6.45) is 3.02. The largest absolute Gasteiger partial charge is 0.414 e. The monoisotopic (exact) mass is 403 g/mol. The number of aromatic nitrogens is 5. The smallest absolute Gasteiger partial charge is 0.270 e. The minimum atomic E-state index is -0.354. The molecule has 0 spiro atoms. The van der Waals surface area contributed by atoms with Crippen molar-refractivity contribution >= 4 is 11.7 Å². The topological polar surface area (TPSA) is 144 Å². The molecule has 4 rings (SSSR count). The molecule has 10 nitrogen and oxygen atoms in total. The van der Waals surface area contributed by atoms with Gasteiger partial charge in [-0.15, -0.1) is 10.2 Å². The Morgan fingerprint density at radius 1 is 1.10 bits per heavy atom. The SMILES string of the molecule is CN(C)C(=O)c1ccc(-c2cnc(N)c(-c3nnc(-c4ccc[nH]c4=O)o3)n2)cc1. The summed E-state index contributed by atoms with van der Waals surface area (Å²) in [5.41, 5.74) is 7.84. The maximum Gasteiger partial charge on any atom is 0.270 e. The highest BCUT2D eigenvalue weighted by atomic mass is 16.4. The van der Waals surface area contributed by atoms with E-state index >= 15 is 0 Å². The van der Waals surface area contributed by atoms with Crippen LogP contribution in [0.1, 0.15) is 10.4 Å². The Labute approximate surface area is 170 Å². The molecule has 1 aromatic carbocycles. The van der Waals surface area contributed by atoms with E-state index in [0.717, 1.165) is 5.56 Å². The molecule has 0 aliphatic rings. The number of rotatable bonds is 4. The fourth-order valence-corrected chi connectivity index (χ4v) is 2.75. The molecule has 0 unspecified atom stereocenters. The van der Waals surface area contributed by atoms with Gasteiger partial charge in [0.15, 0.2) is 11.5 Å². The summed E-state index contributed by atoms with van der Waals surface area (Å²) < 4.78 is 5.61. The number of amides is 1. The van der Waals surface area contributed by atoms with E-state index in [1.54, 1.807) is 50.5 Å². The van der Waals surface area contributed by atoms with Crippen LogP contribution < -0.4 is 11.3 Å². The number of nitrogen functional groups attached to an aromatic ring is 1. The Morgan fingerprint density at radius 3 is 2.53 bits per heavy atom. The van der Waals surface area contributed by atoms with Crippen molar-refractivity contribution in [3.05, 3.63) is 64.7 Å². The first kappa shape index (κ1) is 19.0. The summed E-state index contributed by atoms with van der Waals surface area (Å²) in [6, 6.07) is 10.2. The van der Waals surface area contributed by atoms with Crippen molar-refractivity contribution < 1.29 is 9.21 Å². The summed E-state index contributed by atoms with van der Waals surface area (Å²) in [5.74, 6) is 0.0970. The lowest BCUT2D eigenvalue weighted by Crippen LogP contribution is -2.21. The minimum Gasteiger partial charge on any atom is -0.414 e. The molecule has 10 heteroatoms. The zero-order valence-electron chi connectivity index (χ0n) is 16.2. The van der Waals surface area contributed by atoms with E-state index in [-0.39, 0.29) is 40.3 Å². The summed E-state index contributed by atoms with van der Waals surface area (Å²) in [6.45, 7) is 0. The lowest BCUT2D eigenvalue weighted by atomic mass is 10.1. The molecular formula is C20H17N7O3. The Bertz CT molecular complexity index is 1280. The number of hydrogen-bond donors (Lipinski definition) is 2. The van der Waals surface area contributed by atoms with Gasteiger partial charge >= 0.3 is 0 Å². The first-order valence-electron chi connectivity index (χ1n) is 8.90. The van der Waals surface area contributed by atoms with E-state index in [1.165, 1.54) is 17.3 Å². The number of benzene rings is 1. The zero-order chi connectivity index (χ0) is 21.3. The van der Waals surface area contributed by atoms with Gasteiger partial charge < -0.3 is 20.0 Å². The number of pyridine rings is 1. The highest BCUT2D eigenvalue weighted by molar-refractivity contribution is 5.94. The fourth-order valence-electron chi connectivity index (χ4n) is 2.75. The third-order valence-corrected chi connectivity index (χ3v) is 4.31. The first-order valence-corrected chi connectivity index (χ1v) is 8.90. The average Bonchev–Trinajstić information content (AvgIpc) is 3.23. The Balaban J connectivity index is 1.69. The van der Waals surface area contributed by atoms with Crippen LogP contribution in [0.2, 0.25) is 0 Å². The Morgan fingerprint density at radius 2 is 1.83 bits per heavy atom. The van der Waals surface area contributed by atoms with Crippen LogP contribution in [0.4, 0.5) is 5.82 Å². The molecule has 0 bridgehead atoms. The molecule has 0 saturated carbocycles. The maximum absolute atomic E-state index is 12.0. The van der Waals surface area contributed by atoms with Crippen LogP contribution in [-0.4, -0.2) is 50.1 Å². The number of nitrogens with zero attached hydrogens (tertiary/aromatic N) is 5. The van der Waals surface area contributed by atoms with Gasteiger partial charge in [-0.3, -0.25) is 9.59 Å². The highest BCUT2D eigenvalue weighted by Crippen LogP contribution is 2.27. The van der Waals surface area contributed by atoms with Crippen LogP contribution >= 0.6 is 0 Å². The van der Waals surface area contributed by atoms with Crippen LogP contribution in [0.3, 0.4) is 0 Å². The molecule has 0 saturated heterocycles. The van der Waals surface area contributed by atoms with E-state index in [4.69, 9.17) is 10.2 Å². The molecule has 0 aliphatic heterocycles. The summed E-state index contributed by atoms with van der Waals surface area (Å²) >= 11 is 0. The summed E-state index contributed by atoms with van der Waals surface area (Å²) in [5, 5.41) is 7.87. The van der Waals surface area contributed by atoms with Gasteiger partial charge in [-0.1, -0.05) is 12.1 Å². The molecule has 0 fully saturated rings. The summed E-state index contributed by atoms with van der Waals surface area (Å²) in [7, 11) is 3.38.